The maximum absolute atomic E-state index is 4.49. The van der Waals surface area contributed by atoms with Gasteiger partial charge in [-0.15, -0.1) is 0 Å². The van der Waals surface area contributed by atoms with E-state index in [0.29, 0.717) is 5.41 Å². The third-order valence-electron chi connectivity index (χ3n) is 6.85. The number of rotatable bonds is 2. The summed E-state index contributed by atoms with van der Waals surface area (Å²) in [7, 11) is 0. The first kappa shape index (κ1) is 13.1. The molecule has 1 unspecified atom stereocenters. The van der Waals surface area contributed by atoms with Gasteiger partial charge in [-0.25, -0.2) is 4.98 Å². The highest BCUT2D eigenvalue weighted by atomic mass is 15.2. The number of fused-ring (bicyclic) bond motifs is 5. The maximum Gasteiger partial charge on any atom is 0.0931 e. The molecule has 116 valence electrons. The predicted octanol–water partition coefficient (Wildman–Crippen LogP) is 3.50. The number of hydrogen-bond donors (Lipinski definition) is 1. The molecule has 3 nitrogen and oxygen atoms in total. The van der Waals surface area contributed by atoms with Crippen LogP contribution in [0, 0.1) is 11.8 Å². The van der Waals surface area contributed by atoms with Crippen molar-refractivity contribution in [2.45, 2.75) is 51.0 Å². The van der Waals surface area contributed by atoms with Crippen LogP contribution in [-0.4, -0.2) is 34.0 Å². The molecule has 2 fully saturated rings. The lowest BCUT2D eigenvalue weighted by molar-refractivity contribution is 0.0285. The first-order valence-corrected chi connectivity index (χ1v) is 8.86. The van der Waals surface area contributed by atoms with Crippen molar-refractivity contribution in [1.82, 2.24) is 14.9 Å². The minimum atomic E-state index is 0.325. The second kappa shape index (κ2) is 4.35. The second-order valence-corrected chi connectivity index (χ2v) is 8.09. The van der Waals surface area contributed by atoms with Crippen molar-refractivity contribution in [2.24, 2.45) is 11.8 Å². The Morgan fingerprint density at radius 3 is 3.05 bits per heavy atom. The summed E-state index contributed by atoms with van der Waals surface area (Å²) in [5.41, 5.74) is 5.78. The smallest absolute Gasteiger partial charge is 0.0931 e. The summed E-state index contributed by atoms with van der Waals surface area (Å²) in [6, 6.07) is 5.46. The SMILES string of the molecule is C[C@H]1C2Cc3cc4[nH]cnc4cc3[C@@]1(C)CCN2CC1CC1. The predicted molar refractivity (Wildman–Crippen MR) is 89.0 cm³/mol. The van der Waals surface area contributed by atoms with Gasteiger partial charge in [-0.1, -0.05) is 13.8 Å². The highest BCUT2D eigenvalue weighted by molar-refractivity contribution is 5.77. The van der Waals surface area contributed by atoms with Crippen molar-refractivity contribution < 1.29 is 0 Å². The highest BCUT2D eigenvalue weighted by Gasteiger charge is 2.49. The van der Waals surface area contributed by atoms with E-state index in [2.05, 4.69) is 40.8 Å². The summed E-state index contributed by atoms with van der Waals surface area (Å²) in [5.74, 6) is 1.73. The zero-order chi connectivity index (χ0) is 14.9. The molecule has 0 spiro atoms. The molecule has 1 aliphatic heterocycles. The Hall–Kier alpha value is -1.35. The molecule has 2 aliphatic carbocycles. The fourth-order valence-corrected chi connectivity index (χ4v) is 5.01. The van der Waals surface area contributed by atoms with Crippen LogP contribution in [0.15, 0.2) is 18.5 Å². The van der Waals surface area contributed by atoms with E-state index in [0.717, 1.165) is 23.4 Å². The Morgan fingerprint density at radius 2 is 2.23 bits per heavy atom. The van der Waals surface area contributed by atoms with Gasteiger partial charge in [0.2, 0.25) is 0 Å². The van der Waals surface area contributed by atoms with Gasteiger partial charge in [0.15, 0.2) is 0 Å². The van der Waals surface area contributed by atoms with Crippen molar-refractivity contribution in [3.8, 4) is 0 Å². The van der Waals surface area contributed by atoms with Crippen molar-refractivity contribution in [1.29, 1.82) is 0 Å². The van der Waals surface area contributed by atoms with Crippen molar-refractivity contribution in [3.05, 3.63) is 29.6 Å². The van der Waals surface area contributed by atoms with Crippen LogP contribution in [0.4, 0.5) is 0 Å². The number of aromatic amines is 1. The van der Waals surface area contributed by atoms with Gasteiger partial charge in [-0.05, 0) is 72.7 Å². The summed E-state index contributed by atoms with van der Waals surface area (Å²) < 4.78 is 0. The van der Waals surface area contributed by atoms with Gasteiger partial charge in [-0.2, -0.15) is 0 Å². The second-order valence-electron chi connectivity index (χ2n) is 8.09. The molecule has 1 aromatic heterocycles. The van der Waals surface area contributed by atoms with Crippen LogP contribution in [0.3, 0.4) is 0 Å². The lowest BCUT2D eigenvalue weighted by Crippen LogP contribution is -2.58. The van der Waals surface area contributed by atoms with Crippen LogP contribution in [-0.2, 0) is 11.8 Å². The van der Waals surface area contributed by atoms with E-state index in [1.165, 1.54) is 44.3 Å². The van der Waals surface area contributed by atoms with E-state index in [1.54, 1.807) is 11.1 Å². The fraction of sp³-hybridized carbons (Fsp3) is 0.632. The van der Waals surface area contributed by atoms with Crippen LogP contribution in [0.1, 0.15) is 44.2 Å². The van der Waals surface area contributed by atoms with Gasteiger partial charge in [0, 0.05) is 12.6 Å². The van der Waals surface area contributed by atoms with Gasteiger partial charge in [-0.3, -0.25) is 4.90 Å². The van der Waals surface area contributed by atoms with Gasteiger partial charge in [0.05, 0.1) is 17.4 Å². The molecule has 2 heterocycles. The molecule has 5 rings (SSSR count). The first-order valence-electron chi connectivity index (χ1n) is 8.86. The molecule has 1 aromatic carbocycles. The summed E-state index contributed by atoms with van der Waals surface area (Å²) in [6.45, 7) is 7.60. The third kappa shape index (κ3) is 1.75. The van der Waals surface area contributed by atoms with Crippen LogP contribution in [0.2, 0.25) is 0 Å². The molecule has 3 aliphatic rings. The summed E-state index contributed by atoms with van der Waals surface area (Å²) in [6.07, 6.45) is 7.25. The molecule has 3 atom stereocenters. The quantitative estimate of drug-likeness (QED) is 0.919. The lowest BCUT2D eigenvalue weighted by Gasteiger charge is -2.54. The van der Waals surface area contributed by atoms with Crippen LogP contribution in [0.25, 0.3) is 11.0 Å². The number of hydrogen-bond acceptors (Lipinski definition) is 2. The Labute approximate surface area is 132 Å². The van der Waals surface area contributed by atoms with E-state index in [1.807, 2.05) is 6.33 Å². The number of nitrogens with zero attached hydrogens (tertiary/aromatic N) is 2. The normalized spacial score (nSPS) is 34.8. The number of piperidine rings is 1. The fourth-order valence-electron chi connectivity index (χ4n) is 5.01. The van der Waals surface area contributed by atoms with E-state index in [9.17, 15) is 0 Å². The molecule has 3 heteroatoms. The van der Waals surface area contributed by atoms with Crippen LogP contribution in [0.5, 0.6) is 0 Å². The molecular weight excluding hydrogens is 270 g/mol. The highest BCUT2D eigenvalue weighted by Crippen LogP contribution is 2.49. The average Bonchev–Trinajstić information content (AvgIpc) is 3.20. The summed E-state index contributed by atoms with van der Waals surface area (Å²) in [4.78, 5) is 10.6. The number of aromatic nitrogens is 2. The third-order valence-corrected chi connectivity index (χ3v) is 6.85. The van der Waals surface area contributed by atoms with Crippen LogP contribution >= 0.6 is 0 Å². The Balaban J connectivity index is 1.60. The Kier molecular flexibility index (Phi) is 2.59. The van der Waals surface area contributed by atoms with Gasteiger partial charge >= 0.3 is 0 Å². The van der Waals surface area contributed by atoms with Crippen molar-refractivity contribution >= 4 is 11.0 Å². The van der Waals surface area contributed by atoms with Gasteiger partial charge in [0.25, 0.3) is 0 Å². The molecule has 1 saturated heterocycles. The monoisotopic (exact) mass is 295 g/mol. The molecule has 2 bridgehead atoms. The average molecular weight is 295 g/mol. The summed E-state index contributed by atoms with van der Waals surface area (Å²) >= 11 is 0. The maximum atomic E-state index is 4.49. The number of nitrogens with one attached hydrogen (secondary N) is 1. The first-order chi connectivity index (χ1) is 10.6. The van der Waals surface area contributed by atoms with Crippen molar-refractivity contribution in [2.75, 3.05) is 13.1 Å². The lowest BCUT2D eigenvalue weighted by atomic mass is 9.59. The van der Waals surface area contributed by atoms with E-state index in [4.69, 9.17) is 0 Å². The molecular formula is C19H25N3. The molecule has 2 aromatic rings. The molecule has 1 N–H and O–H groups in total. The van der Waals surface area contributed by atoms with E-state index < -0.39 is 0 Å². The largest absolute Gasteiger partial charge is 0.345 e. The topological polar surface area (TPSA) is 31.9 Å². The Morgan fingerprint density at radius 1 is 1.36 bits per heavy atom. The number of likely N-dealkylation sites (tertiary alicyclic amines) is 1. The molecule has 0 radical (unpaired) electrons. The minimum Gasteiger partial charge on any atom is -0.345 e. The van der Waals surface area contributed by atoms with E-state index >= 15 is 0 Å². The molecule has 0 amide bonds. The van der Waals surface area contributed by atoms with E-state index in [-0.39, 0.29) is 0 Å². The zero-order valence-corrected chi connectivity index (χ0v) is 13.6. The Bertz CT molecular complexity index is 729. The molecule has 1 saturated carbocycles. The molecule has 22 heavy (non-hydrogen) atoms. The van der Waals surface area contributed by atoms with Gasteiger partial charge < -0.3 is 4.98 Å². The summed E-state index contributed by atoms with van der Waals surface area (Å²) in [5, 5.41) is 0. The minimum absolute atomic E-state index is 0.325. The standard InChI is InChI=1S/C19H25N3/c1-12-18-8-14-7-16-17(21-11-20-16)9-15(14)19(12,2)5-6-22(18)10-13-3-4-13/h7,9,11-13,18H,3-6,8,10H2,1-2H3,(H,20,21)/t12-,18?,19-/m0/s1. The van der Waals surface area contributed by atoms with Gasteiger partial charge in [0.1, 0.15) is 0 Å². The van der Waals surface area contributed by atoms with Crippen molar-refractivity contribution in [3.63, 3.8) is 0 Å². The number of imidazole rings is 1. The number of benzene rings is 1. The van der Waals surface area contributed by atoms with Crippen LogP contribution < -0.4 is 0 Å². The zero-order valence-electron chi connectivity index (χ0n) is 13.6. The number of H-pyrrole nitrogens is 1.